The highest BCUT2D eigenvalue weighted by atomic mass is 79.9. The molecule has 2 atom stereocenters. The minimum Gasteiger partial charge on any atom is -0.382 e. The van der Waals surface area contributed by atoms with E-state index in [1.165, 1.54) is 40.2 Å². The molecule has 0 amide bonds. The summed E-state index contributed by atoms with van der Waals surface area (Å²) in [6.07, 6.45) is 3.95. The smallest absolute Gasteiger partial charge is 0.0422 e. The van der Waals surface area contributed by atoms with Crippen molar-refractivity contribution in [1.82, 2.24) is 0 Å². The van der Waals surface area contributed by atoms with Crippen LogP contribution in [0.4, 0.5) is 5.69 Å². The molecule has 1 aliphatic carbocycles. The summed E-state index contributed by atoms with van der Waals surface area (Å²) in [6, 6.07) is 13.5. The molecule has 0 saturated heterocycles. The Morgan fingerprint density at radius 1 is 1.06 bits per heavy atom. The van der Waals surface area contributed by atoms with Gasteiger partial charge in [0.2, 0.25) is 0 Å². The number of rotatable bonds is 2. The monoisotopic (exact) mass is 303 g/mol. The molecule has 0 aromatic heterocycles. The number of halogens is 1. The van der Waals surface area contributed by atoms with Gasteiger partial charge in [0.15, 0.2) is 0 Å². The van der Waals surface area contributed by atoms with Crippen molar-refractivity contribution in [1.29, 1.82) is 0 Å². The maximum atomic E-state index is 3.72. The topological polar surface area (TPSA) is 12.0 Å². The molecule has 2 heteroatoms. The van der Waals surface area contributed by atoms with Crippen molar-refractivity contribution in [2.24, 2.45) is 5.92 Å². The highest BCUT2D eigenvalue weighted by molar-refractivity contribution is 9.10. The number of nitrogens with one attached hydrogen (secondary N) is 1. The number of anilines is 1. The lowest BCUT2D eigenvalue weighted by molar-refractivity contribution is 0.603. The van der Waals surface area contributed by atoms with Gasteiger partial charge >= 0.3 is 0 Å². The third kappa shape index (κ3) is 2.26. The minimum absolute atomic E-state index is 0.643. The zero-order valence-electron chi connectivity index (χ0n) is 10.6. The van der Waals surface area contributed by atoms with Gasteiger partial charge in [0.25, 0.3) is 0 Å². The summed E-state index contributed by atoms with van der Waals surface area (Å²) in [5, 5.41) is 6.32. The van der Waals surface area contributed by atoms with E-state index >= 15 is 0 Å². The van der Waals surface area contributed by atoms with Crippen LogP contribution >= 0.6 is 15.9 Å². The van der Waals surface area contributed by atoms with Crippen LogP contribution < -0.4 is 5.32 Å². The Morgan fingerprint density at radius 3 is 2.56 bits per heavy atom. The van der Waals surface area contributed by atoms with E-state index in [1.807, 2.05) is 0 Å². The summed E-state index contributed by atoms with van der Waals surface area (Å²) < 4.78 is 1.17. The fraction of sp³-hybridized carbons (Fsp3) is 0.375. The second-order valence-corrected chi connectivity index (χ2v) is 6.25. The molecule has 1 saturated carbocycles. The van der Waals surface area contributed by atoms with E-state index in [0.29, 0.717) is 6.04 Å². The minimum atomic E-state index is 0.643. The van der Waals surface area contributed by atoms with Crippen LogP contribution in [-0.4, -0.2) is 6.04 Å². The van der Waals surface area contributed by atoms with Crippen molar-refractivity contribution in [3.05, 3.63) is 40.9 Å². The summed E-state index contributed by atoms with van der Waals surface area (Å²) in [5.41, 5.74) is 1.27. The lowest BCUT2D eigenvalue weighted by Crippen LogP contribution is -2.15. The van der Waals surface area contributed by atoms with E-state index in [1.54, 1.807) is 0 Å². The highest BCUT2D eigenvalue weighted by Gasteiger charge is 2.21. The van der Waals surface area contributed by atoms with Gasteiger partial charge in [-0.25, -0.2) is 0 Å². The summed E-state index contributed by atoms with van der Waals surface area (Å²) in [7, 11) is 0. The zero-order valence-corrected chi connectivity index (χ0v) is 12.2. The average molecular weight is 304 g/mol. The van der Waals surface area contributed by atoms with Crippen molar-refractivity contribution < 1.29 is 0 Å². The van der Waals surface area contributed by atoms with Crippen LogP contribution in [0.2, 0.25) is 0 Å². The molecule has 0 radical (unpaired) electrons. The molecule has 3 rings (SSSR count). The molecule has 0 spiro atoms. The Balaban J connectivity index is 1.95. The maximum absolute atomic E-state index is 3.72. The van der Waals surface area contributed by atoms with Gasteiger partial charge in [0.05, 0.1) is 0 Å². The van der Waals surface area contributed by atoms with Crippen molar-refractivity contribution in [2.45, 2.75) is 32.2 Å². The SMILES string of the molecule is CC1CCC(Nc2ccc(Br)c3ccccc23)C1. The van der Waals surface area contributed by atoms with Gasteiger partial charge in [-0.05, 0) is 42.7 Å². The molecule has 0 aliphatic heterocycles. The average Bonchev–Trinajstić information content (AvgIpc) is 2.79. The second-order valence-electron chi connectivity index (χ2n) is 5.40. The third-order valence-electron chi connectivity index (χ3n) is 3.93. The van der Waals surface area contributed by atoms with Crippen LogP contribution in [-0.2, 0) is 0 Å². The first-order chi connectivity index (χ1) is 8.74. The van der Waals surface area contributed by atoms with Crippen LogP contribution in [0, 0.1) is 5.92 Å². The fourth-order valence-electron chi connectivity index (χ4n) is 2.95. The number of hydrogen-bond donors (Lipinski definition) is 1. The lowest BCUT2D eigenvalue weighted by atomic mass is 10.1. The Kier molecular flexibility index (Phi) is 3.29. The van der Waals surface area contributed by atoms with E-state index in [9.17, 15) is 0 Å². The van der Waals surface area contributed by atoms with Crippen LogP contribution in [0.15, 0.2) is 40.9 Å². The normalized spacial score (nSPS) is 23.4. The van der Waals surface area contributed by atoms with Crippen LogP contribution in [0.3, 0.4) is 0 Å². The number of fused-ring (bicyclic) bond motifs is 1. The van der Waals surface area contributed by atoms with Crippen molar-refractivity contribution in [3.63, 3.8) is 0 Å². The Labute approximate surface area is 117 Å². The third-order valence-corrected chi connectivity index (χ3v) is 4.62. The predicted molar refractivity (Wildman–Crippen MR) is 82.1 cm³/mol. The first-order valence-electron chi connectivity index (χ1n) is 6.68. The van der Waals surface area contributed by atoms with Crippen molar-refractivity contribution in [2.75, 3.05) is 5.32 Å². The predicted octanol–water partition coefficient (Wildman–Crippen LogP) is 5.20. The Morgan fingerprint density at radius 2 is 1.83 bits per heavy atom. The highest BCUT2D eigenvalue weighted by Crippen LogP contribution is 2.33. The first kappa shape index (κ1) is 12.0. The molecular weight excluding hydrogens is 286 g/mol. The molecule has 0 heterocycles. The molecule has 94 valence electrons. The summed E-state index contributed by atoms with van der Waals surface area (Å²) >= 11 is 3.63. The van der Waals surface area contributed by atoms with Gasteiger partial charge in [0.1, 0.15) is 0 Å². The van der Waals surface area contributed by atoms with Crippen molar-refractivity contribution in [3.8, 4) is 0 Å². The molecule has 1 fully saturated rings. The summed E-state index contributed by atoms with van der Waals surface area (Å²) in [6.45, 7) is 2.35. The second kappa shape index (κ2) is 4.93. The molecule has 2 aromatic carbocycles. The Hall–Kier alpha value is -1.02. The van der Waals surface area contributed by atoms with Crippen LogP contribution in [0.1, 0.15) is 26.2 Å². The Bertz CT molecular complexity index is 564. The first-order valence-corrected chi connectivity index (χ1v) is 7.47. The summed E-state index contributed by atoms with van der Waals surface area (Å²) in [4.78, 5) is 0. The molecular formula is C16H18BrN. The van der Waals surface area contributed by atoms with E-state index in [0.717, 1.165) is 5.92 Å². The van der Waals surface area contributed by atoms with Crippen molar-refractivity contribution >= 4 is 32.4 Å². The lowest BCUT2D eigenvalue weighted by Gasteiger charge is -2.16. The quantitative estimate of drug-likeness (QED) is 0.804. The number of hydrogen-bond acceptors (Lipinski definition) is 1. The number of benzene rings is 2. The standard InChI is InChI=1S/C16H18BrN/c1-11-6-7-12(10-11)18-16-9-8-15(17)13-4-2-3-5-14(13)16/h2-5,8-9,11-12,18H,6-7,10H2,1H3. The molecule has 0 bridgehead atoms. The molecule has 1 aliphatic rings. The van der Waals surface area contributed by atoms with Gasteiger partial charge in [0, 0.05) is 21.6 Å². The maximum Gasteiger partial charge on any atom is 0.0422 e. The van der Waals surface area contributed by atoms with E-state index in [2.05, 4.69) is 64.6 Å². The van der Waals surface area contributed by atoms with Gasteiger partial charge in [-0.15, -0.1) is 0 Å². The van der Waals surface area contributed by atoms with E-state index in [-0.39, 0.29) is 0 Å². The van der Waals surface area contributed by atoms with Gasteiger partial charge in [-0.3, -0.25) is 0 Å². The van der Waals surface area contributed by atoms with Crippen LogP contribution in [0.25, 0.3) is 10.8 Å². The van der Waals surface area contributed by atoms with Crippen LogP contribution in [0.5, 0.6) is 0 Å². The van der Waals surface area contributed by atoms with E-state index < -0.39 is 0 Å². The summed E-state index contributed by atoms with van der Waals surface area (Å²) in [5.74, 6) is 0.865. The molecule has 1 nitrogen and oxygen atoms in total. The molecule has 2 unspecified atom stereocenters. The zero-order chi connectivity index (χ0) is 12.5. The molecule has 2 aromatic rings. The largest absolute Gasteiger partial charge is 0.382 e. The van der Waals surface area contributed by atoms with E-state index in [4.69, 9.17) is 0 Å². The molecule has 18 heavy (non-hydrogen) atoms. The molecule has 1 N–H and O–H groups in total. The van der Waals surface area contributed by atoms with Gasteiger partial charge in [-0.1, -0.05) is 47.1 Å². The van der Waals surface area contributed by atoms with Gasteiger partial charge in [-0.2, -0.15) is 0 Å². The van der Waals surface area contributed by atoms with Gasteiger partial charge < -0.3 is 5.32 Å². The fourth-order valence-corrected chi connectivity index (χ4v) is 3.42.